The summed E-state index contributed by atoms with van der Waals surface area (Å²) in [6.07, 6.45) is -2.26. The molecule has 2 aromatic carbocycles. The van der Waals surface area contributed by atoms with Gasteiger partial charge in [0, 0.05) is 5.69 Å². The quantitative estimate of drug-likeness (QED) is 0.590. The minimum absolute atomic E-state index is 0.0628. The number of nitrogens with one attached hydrogen (secondary N) is 2. The molecule has 1 amide bonds. The van der Waals surface area contributed by atoms with E-state index in [1.165, 1.54) is 17.1 Å². The molecule has 29 heavy (non-hydrogen) atoms. The molecule has 0 bridgehead atoms. The van der Waals surface area contributed by atoms with Crippen LogP contribution < -0.4 is 15.0 Å². The number of hydrogen-bond donors (Lipinski definition) is 2. The fourth-order valence-electron chi connectivity index (χ4n) is 2.31. The second kappa shape index (κ2) is 7.93. The van der Waals surface area contributed by atoms with E-state index in [-0.39, 0.29) is 10.6 Å². The minimum Gasteiger partial charge on any atom is -0.406 e. The largest absolute Gasteiger partial charge is 0.573 e. The van der Waals surface area contributed by atoms with Crippen molar-refractivity contribution in [2.75, 3.05) is 0 Å². The first kappa shape index (κ1) is 20.4. The molecule has 2 N–H and O–H groups in total. The predicted molar refractivity (Wildman–Crippen MR) is 94.5 cm³/mol. The molecule has 12 heteroatoms. The summed E-state index contributed by atoms with van der Waals surface area (Å²) >= 11 is 0. The van der Waals surface area contributed by atoms with Gasteiger partial charge in [0.2, 0.25) is 0 Å². The number of benzene rings is 2. The maximum atomic E-state index is 12.3. The Kier molecular flexibility index (Phi) is 5.57. The number of halogens is 3. The van der Waals surface area contributed by atoms with Crippen molar-refractivity contribution in [1.82, 2.24) is 19.8 Å². The van der Waals surface area contributed by atoms with Gasteiger partial charge in [-0.05, 0) is 36.4 Å². The van der Waals surface area contributed by atoms with E-state index in [2.05, 4.69) is 9.72 Å². The van der Waals surface area contributed by atoms with Crippen LogP contribution in [-0.4, -0.2) is 30.2 Å². The van der Waals surface area contributed by atoms with Crippen molar-refractivity contribution < 1.29 is 31.1 Å². The van der Waals surface area contributed by atoms with Crippen LogP contribution in [0.2, 0.25) is 0 Å². The van der Waals surface area contributed by atoms with Crippen molar-refractivity contribution in [3.8, 4) is 11.4 Å². The van der Waals surface area contributed by atoms with Gasteiger partial charge >= 0.3 is 6.36 Å². The van der Waals surface area contributed by atoms with Gasteiger partial charge in [0.15, 0.2) is 0 Å². The van der Waals surface area contributed by atoms with Gasteiger partial charge in [0.1, 0.15) is 11.4 Å². The van der Waals surface area contributed by atoms with Crippen LogP contribution in [0.3, 0.4) is 0 Å². The number of imidazole rings is 1. The van der Waals surface area contributed by atoms with Crippen LogP contribution in [0.25, 0.3) is 5.69 Å². The highest BCUT2D eigenvalue weighted by atomic mass is 32.2. The standard InChI is InChI=1S/C17H13F3N4O4S/c18-17(19,20)28-13-6-8-14(9-7-13)29(26,27)23-22-16(25)15-10-21-11-24(15)12-4-2-1-3-5-12/h1-11,23H,(H,22,25). The molecular weight excluding hydrogens is 413 g/mol. The third-order valence-corrected chi connectivity index (χ3v) is 4.84. The number of sulfonamides is 1. The second-order valence-electron chi connectivity index (χ2n) is 5.56. The molecule has 0 aliphatic heterocycles. The lowest BCUT2D eigenvalue weighted by Gasteiger charge is -2.11. The average molecular weight is 426 g/mol. The Labute approximate surface area is 163 Å². The first-order valence-corrected chi connectivity index (χ1v) is 9.40. The van der Waals surface area contributed by atoms with Crippen molar-refractivity contribution in [3.63, 3.8) is 0 Å². The van der Waals surface area contributed by atoms with Gasteiger partial charge in [0.05, 0.1) is 17.4 Å². The van der Waals surface area contributed by atoms with Gasteiger partial charge in [-0.2, -0.15) is 0 Å². The summed E-state index contributed by atoms with van der Waals surface area (Å²) in [6.45, 7) is 0. The Hall–Kier alpha value is -3.38. The molecule has 0 saturated heterocycles. The fraction of sp³-hybridized carbons (Fsp3) is 0.0588. The van der Waals surface area contributed by atoms with Crippen molar-refractivity contribution in [2.45, 2.75) is 11.3 Å². The molecule has 0 atom stereocenters. The van der Waals surface area contributed by atoms with Crippen LogP contribution >= 0.6 is 0 Å². The fourth-order valence-corrected chi connectivity index (χ4v) is 3.15. The Morgan fingerprint density at radius 2 is 1.69 bits per heavy atom. The van der Waals surface area contributed by atoms with Crippen molar-refractivity contribution in [1.29, 1.82) is 0 Å². The normalized spacial score (nSPS) is 11.8. The average Bonchev–Trinajstić information content (AvgIpc) is 3.16. The van der Waals surface area contributed by atoms with E-state index < -0.39 is 28.0 Å². The number of carbonyl (C=O) groups excluding carboxylic acids is 1. The molecule has 0 spiro atoms. The van der Waals surface area contributed by atoms with Crippen LogP contribution in [0.4, 0.5) is 13.2 Å². The molecular formula is C17H13F3N4O4S. The number of amides is 1. The van der Waals surface area contributed by atoms with Gasteiger partial charge in [-0.25, -0.2) is 13.4 Å². The van der Waals surface area contributed by atoms with E-state index in [1.807, 2.05) is 10.3 Å². The van der Waals surface area contributed by atoms with Crippen molar-refractivity contribution in [3.05, 3.63) is 72.8 Å². The van der Waals surface area contributed by atoms with Gasteiger partial charge in [-0.1, -0.05) is 18.2 Å². The Morgan fingerprint density at radius 1 is 1.03 bits per heavy atom. The molecule has 1 aromatic heterocycles. The lowest BCUT2D eigenvalue weighted by molar-refractivity contribution is -0.274. The van der Waals surface area contributed by atoms with E-state index in [0.717, 1.165) is 24.3 Å². The maximum absolute atomic E-state index is 12.3. The first-order chi connectivity index (χ1) is 13.7. The van der Waals surface area contributed by atoms with E-state index in [1.54, 1.807) is 30.3 Å². The zero-order chi connectivity index (χ0) is 21.1. The number of carbonyl (C=O) groups is 1. The highest BCUT2D eigenvalue weighted by molar-refractivity contribution is 7.89. The van der Waals surface area contributed by atoms with Crippen LogP contribution in [0.1, 0.15) is 10.5 Å². The highest BCUT2D eigenvalue weighted by Gasteiger charge is 2.31. The zero-order valence-corrected chi connectivity index (χ0v) is 15.2. The lowest BCUT2D eigenvalue weighted by Crippen LogP contribution is -2.42. The van der Waals surface area contributed by atoms with Crippen molar-refractivity contribution in [2.24, 2.45) is 0 Å². The van der Waals surface area contributed by atoms with E-state index in [0.29, 0.717) is 5.69 Å². The number of aromatic nitrogens is 2. The Bertz CT molecular complexity index is 1100. The molecule has 0 fully saturated rings. The van der Waals surface area contributed by atoms with E-state index in [4.69, 9.17) is 0 Å². The number of hydrazine groups is 1. The minimum atomic E-state index is -4.89. The summed E-state index contributed by atoms with van der Waals surface area (Å²) in [5, 5.41) is 0. The smallest absolute Gasteiger partial charge is 0.406 e. The summed E-state index contributed by atoms with van der Waals surface area (Å²) in [4.78, 5) is 17.7. The first-order valence-electron chi connectivity index (χ1n) is 7.91. The summed E-state index contributed by atoms with van der Waals surface area (Å²) in [7, 11) is -4.23. The number of para-hydroxylation sites is 1. The lowest BCUT2D eigenvalue weighted by atomic mass is 10.3. The van der Waals surface area contributed by atoms with Gasteiger partial charge < -0.3 is 4.74 Å². The summed E-state index contributed by atoms with van der Waals surface area (Å²) in [6, 6.07) is 12.3. The molecule has 1 heterocycles. The maximum Gasteiger partial charge on any atom is 0.573 e. The van der Waals surface area contributed by atoms with Gasteiger partial charge in [0.25, 0.3) is 15.9 Å². The summed E-state index contributed by atoms with van der Waals surface area (Å²) < 4.78 is 66.1. The second-order valence-corrected chi connectivity index (χ2v) is 7.25. The van der Waals surface area contributed by atoms with Gasteiger partial charge in [-0.15, -0.1) is 18.0 Å². The summed E-state index contributed by atoms with van der Waals surface area (Å²) in [5.74, 6) is -1.36. The molecule has 3 aromatic rings. The molecule has 0 unspecified atom stereocenters. The molecule has 0 aliphatic rings. The van der Waals surface area contributed by atoms with Gasteiger partial charge in [-0.3, -0.25) is 14.8 Å². The van der Waals surface area contributed by atoms with Crippen LogP contribution in [-0.2, 0) is 10.0 Å². The molecule has 0 saturated carbocycles. The molecule has 152 valence electrons. The third-order valence-electron chi connectivity index (χ3n) is 3.57. The predicted octanol–water partition coefficient (Wildman–Crippen LogP) is 2.39. The van der Waals surface area contributed by atoms with Crippen LogP contribution in [0, 0.1) is 0 Å². The number of nitrogens with zero attached hydrogens (tertiary/aromatic N) is 2. The van der Waals surface area contributed by atoms with Crippen LogP contribution in [0.15, 0.2) is 72.0 Å². The Morgan fingerprint density at radius 3 is 2.31 bits per heavy atom. The SMILES string of the molecule is O=C(NNS(=O)(=O)c1ccc(OC(F)(F)F)cc1)c1cncn1-c1ccccc1. The highest BCUT2D eigenvalue weighted by Crippen LogP contribution is 2.23. The third kappa shape index (κ3) is 5.12. The molecule has 0 aliphatic carbocycles. The zero-order valence-electron chi connectivity index (χ0n) is 14.4. The number of alkyl halides is 3. The Balaban J connectivity index is 1.70. The van der Waals surface area contributed by atoms with Crippen molar-refractivity contribution >= 4 is 15.9 Å². The monoisotopic (exact) mass is 426 g/mol. The molecule has 3 rings (SSSR count). The number of ether oxygens (including phenoxy) is 1. The van der Waals surface area contributed by atoms with Crippen LogP contribution in [0.5, 0.6) is 5.75 Å². The van der Waals surface area contributed by atoms with E-state index in [9.17, 15) is 26.4 Å². The molecule has 8 nitrogen and oxygen atoms in total. The summed E-state index contributed by atoms with van der Waals surface area (Å²) in [5.41, 5.74) is 2.74. The number of rotatable bonds is 6. The molecule has 0 radical (unpaired) electrons. The topological polar surface area (TPSA) is 102 Å². The van der Waals surface area contributed by atoms with E-state index >= 15 is 0 Å². The number of hydrogen-bond acceptors (Lipinski definition) is 5.